The van der Waals surface area contributed by atoms with E-state index in [0.29, 0.717) is 0 Å². The molecule has 1 aromatic heterocycles. The molecular formula is C11H15NOS. The van der Waals surface area contributed by atoms with Crippen molar-refractivity contribution in [3.8, 4) is 0 Å². The van der Waals surface area contributed by atoms with Gasteiger partial charge in [-0.25, -0.2) is 0 Å². The lowest BCUT2D eigenvalue weighted by Gasteiger charge is -2.02. The second-order valence-electron chi connectivity index (χ2n) is 3.82. The number of thiophene rings is 1. The van der Waals surface area contributed by atoms with Gasteiger partial charge < -0.3 is 5.32 Å². The Kier molecular flexibility index (Phi) is 3.19. The van der Waals surface area contributed by atoms with Crippen LogP contribution in [0.1, 0.15) is 35.4 Å². The molecule has 0 radical (unpaired) electrons. The van der Waals surface area contributed by atoms with Crippen molar-refractivity contribution in [3.63, 3.8) is 0 Å². The Labute approximate surface area is 88.3 Å². The molecule has 1 aromatic rings. The zero-order chi connectivity index (χ0) is 9.80. The highest BCUT2D eigenvalue weighted by Gasteiger charge is 2.20. The third kappa shape index (κ3) is 2.84. The van der Waals surface area contributed by atoms with Gasteiger partial charge >= 0.3 is 0 Å². The van der Waals surface area contributed by atoms with E-state index in [1.54, 1.807) is 0 Å². The largest absolute Gasteiger partial charge is 0.351 e. The maximum Gasteiger partial charge on any atom is 0.261 e. The standard InChI is InChI=1S/C11H15NOS/c13-11(10-4-2-8-14-10)12-7-1-3-9-5-6-9/h2,4,8-9H,1,3,5-7H2,(H,12,13). The molecule has 2 rings (SSSR count). The van der Waals surface area contributed by atoms with E-state index in [9.17, 15) is 4.79 Å². The zero-order valence-corrected chi connectivity index (χ0v) is 8.98. The summed E-state index contributed by atoms with van der Waals surface area (Å²) in [5.74, 6) is 1.05. The molecule has 0 saturated heterocycles. The van der Waals surface area contributed by atoms with Crippen LogP contribution in [-0.4, -0.2) is 12.5 Å². The van der Waals surface area contributed by atoms with E-state index in [1.165, 1.54) is 30.6 Å². The number of hydrogen-bond donors (Lipinski definition) is 1. The van der Waals surface area contributed by atoms with Gasteiger partial charge in [-0.05, 0) is 30.2 Å². The summed E-state index contributed by atoms with van der Waals surface area (Å²) in [5, 5.41) is 4.87. The first-order chi connectivity index (χ1) is 6.86. The zero-order valence-electron chi connectivity index (χ0n) is 8.16. The van der Waals surface area contributed by atoms with Gasteiger partial charge in [-0.15, -0.1) is 11.3 Å². The molecule has 1 heterocycles. The summed E-state index contributed by atoms with van der Waals surface area (Å²) in [5.41, 5.74) is 0. The fourth-order valence-corrected chi connectivity index (χ4v) is 2.13. The molecule has 3 heteroatoms. The molecule has 0 bridgehead atoms. The Morgan fingerprint density at radius 1 is 1.57 bits per heavy atom. The predicted molar refractivity (Wildman–Crippen MR) is 58.6 cm³/mol. The highest BCUT2D eigenvalue weighted by Crippen LogP contribution is 2.33. The summed E-state index contributed by atoms with van der Waals surface area (Å²) in [6.45, 7) is 0.827. The van der Waals surface area contributed by atoms with Crippen molar-refractivity contribution in [2.24, 2.45) is 5.92 Å². The molecule has 1 amide bonds. The minimum atomic E-state index is 0.0794. The Morgan fingerprint density at radius 3 is 3.07 bits per heavy atom. The second kappa shape index (κ2) is 4.60. The number of carbonyl (C=O) groups excluding carboxylic acids is 1. The van der Waals surface area contributed by atoms with Crippen LogP contribution in [0.15, 0.2) is 17.5 Å². The van der Waals surface area contributed by atoms with E-state index >= 15 is 0 Å². The Morgan fingerprint density at radius 2 is 2.43 bits per heavy atom. The van der Waals surface area contributed by atoms with Crippen LogP contribution in [0.2, 0.25) is 0 Å². The van der Waals surface area contributed by atoms with E-state index in [-0.39, 0.29) is 5.91 Å². The molecule has 1 aliphatic rings. The van der Waals surface area contributed by atoms with Gasteiger partial charge in [-0.3, -0.25) is 4.79 Å². The first kappa shape index (κ1) is 9.71. The minimum Gasteiger partial charge on any atom is -0.351 e. The third-order valence-corrected chi connectivity index (χ3v) is 3.39. The molecule has 1 fully saturated rings. The minimum absolute atomic E-state index is 0.0794. The molecule has 1 aliphatic carbocycles. The molecule has 2 nitrogen and oxygen atoms in total. The van der Waals surface area contributed by atoms with E-state index in [2.05, 4.69) is 5.32 Å². The summed E-state index contributed by atoms with van der Waals surface area (Å²) in [6, 6.07) is 3.77. The van der Waals surface area contributed by atoms with E-state index in [4.69, 9.17) is 0 Å². The van der Waals surface area contributed by atoms with Gasteiger partial charge in [0.25, 0.3) is 5.91 Å². The molecule has 1 saturated carbocycles. The van der Waals surface area contributed by atoms with Crippen LogP contribution < -0.4 is 5.32 Å². The average molecular weight is 209 g/mol. The summed E-state index contributed by atoms with van der Waals surface area (Å²) < 4.78 is 0. The number of rotatable bonds is 5. The van der Waals surface area contributed by atoms with Crippen molar-refractivity contribution in [2.45, 2.75) is 25.7 Å². The number of amides is 1. The number of nitrogens with one attached hydrogen (secondary N) is 1. The molecule has 0 unspecified atom stereocenters. The van der Waals surface area contributed by atoms with Gasteiger partial charge in [0.05, 0.1) is 4.88 Å². The van der Waals surface area contributed by atoms with Crippen molar-refractivity contribution in [2.75, 3.05) is 6.54 Å². The fraction of sp³-hybridized carbons (Fsp3) is 0.545. The van der Waals surface area contributed by atoms with Crippen molar-refractivity contribution in [1.29, 1.82) is 0 Å². The SMILES string of the molecule is O=C(NCCCC1CC1)c1cccs1. The second-order valence-corrected chi connectivity index (χ2v) is 4.77. The van der Waals surface area contributed by atoms with Crippen LogP contribution in [-0.2, 0) is 0 Å². The Balaban J connectivity index is 1.62. The van der Waals surface area contributed by atoms with Crippen LogP contribution in [0, 0.1) is 5.92 Å². The molecule has 76 valence electrons. The van der Waals surface area contributed by atoms with Crippen LogP contribution >= 0.6 is 11.3 Å². The summed E-state index contributed by atoms with van der Waals surface area (Å²) in [6.07, 6.45) is 5.21. The Bertz CT molecular complexity index is 290. The van der Waals surface area contributed by atoms with Gasteiger partial charge in [0.2, 0.25) is 0 Å². The third-order valence-electron chi connectivity index (χ3n) is 2.52. The van der Waals surface area contributed by atoms with Crippen LogP contribution in [0.4, 0.5) is 0 Å². The van der Waals surface area contributed by atoms with Gasteiger partial charge in [0.1, 0.15) is 0 Å². The smallest absolute Gasteiger partial charge is 0.261 e. The molecule has 0 atom stereocenters. The lowest BCUT2D eigenvalue weighted by atomic mass is 10.2. The molecule has 1 N–H and O–H groups in total. The highest BCUT2D eigenvalue weighted by molar-refractivity contribution is 7.12. The first-order valence-corrected chi connectivity index (χ1v) is 6.06. The van der Waals surface area contributed by atoms with Crippen molar-refractivity contribution in [1.82, 2.24) is 5.32 Å². The topological polar surface area (TPSA) is 29.1 Å². The molecule has 0 aliphatic heterocycles. The fourth-order valence-electron chi connectivity index (χ4n) is 1.49. The molecular weight excluding hydrogens is 194 g/mol. The predicted octanol–water partition coefficient (Wildman–Crippen LogP) is 2.67. The maximum absolute atomic E-state index is 11.5. The van der Waals surface area contributed by atoms with Crippen LogP contribution in [0.3, 0.4) is 0 Å². The summed E-state index contributed by atoms with van der Waals surface area (Å²) in [4.78, 5) is 12.3. The van der Waals surface area contributed by atoms with Gasteiger partial charge in [0, 0.05) is 6.54 Å². The van der Waals surface area contributed by atoms with Crippen LogP contribution in [0.5, 0.6) is 0 Å². The van der Waals surface area contributed by atoms with Crippen molar-refractivity contribution in [3.05, 3.63) is 22.4 Å². The average Bonchev–Trinajstić information content (AvgIpc) is 2.84. The van der Waals surface area contributed by atoms with Gasteiger partial charge in [-0.1, -0.05) is 18.9 Å². The van der Waals surface area contributed by atoms with E-state index < -0.39 is 0 Å². The molecule has 0 aromatic carbocycles. The molecule has 14 heavy (non-hydrogen) atoms. The number of carbonyl (C=O) groups is 1. The van der Waals surface area contributed by atoms with Gasteiger partial charge in [-0.2, -0.15) is 0 Å². The monoisotopic (exact) mass is 209 g/mol. The van der Waals surface area contributed by atoms with Crippen molar-refractivity contribution < 1.29 is 4.79 Å². The maximum atomic E-state index is 11.5. The summed E-state index contributed by atoms with van der Waals surface area (Å²) >= 11 is 1.50. The van der Waals surface area contributed by atoms with E-state index in [0.717, 1.165) is 23.8 Å². The van der Waals surface area contributed by atoms with Crippen molar-refractivity contribution >= 4 is 17.2 Å². The van der Waals surface area contributed by atoms with E-state index in [1.807, 2.05) is 17.5 Å². The lowest BCUT2D eigenvalue weighted by molar-refractivity contribution is 0.0957. The first-order valence-electron chi connectivity index (χ1n) is 5.18. The van der Waals surface area contributed by atoms with Gasteiger partial charge in [0.15, 0.2) is 0 Å². The normalized spacial score (nSPS) is 15.4. The van der Waals surface area contributed by atoms with Crippen LogP contribution in [0.25, 0.3) is 0 Å². The lowest BCUT2D eigenvalue weighted by Crippen LogP contribution is -2.23. The highest BCUT2D eigenvalue weighted by atomic mass is 32.1. The number of hydrogen-bond acceptors (Lipinski definition) is 2. The quantitative estimate of drug-likeness (QED) is 0.742. The Hall–Kier alpha value is -0.830. The molecule has 0 spiro atoms. The summed E-state index contributed by atoms with van der Waals surface area (Å²) in [7, 11) is 0.